The predicted octanol–water partition coefficient (Wildman–Crippen LogP) is 1.48. The summed E-state index contributed by atoms with van der Waals surface area (Å²) in [4.78, 5) is 17.1. The number of rotatable bonds is 5. The standard InChI is InChI=1S/C17H29N3O/c1-3-6-18-17(21)13(2)19-7-9-20(10-8-19)16-12-14-4-5-15(16)11-14/h3,13-16H,1,4-12H2,2H3,(H,18,21)/t13-,14+,15+,16-/m1/s1. The van der Waals surface area contributed by atoms with E-state index in [2.05, 4.69) is 21.7 Å². The monoisotopic (exact) mass is 291 g/mol. The molecule has 118 valence electrons. The zero-order chi connectivity index (χ0) is 14.8. The van der Waals surface area contributed by atoms with Crippen LogP contribution in [0.2, 0.25) is 0 Å². The van der Waals surface area contributed by atoms with Crippen LogP contribution < -0.4 is 5.32 Å². The summed E-state index contributed by atoms with van der Waals surface area (Å²) in [6.45, 7) is 10.5. The third-order valence-electron chi connectivity index (χ3n) is 5.87. The molecular formula is C17H29N3O. The summed E-state index contributed by atoms with van der Waals surface area (Å²) in [7, 11) is 0. The lowest BCUT2D eigenvalue weighted by atomic mass is 9.93. The van der Waals surface area contributed by atoms with Gasteiger partial charge in [-0.2, -0.15) is 0 Å². The molecule has 0 aromatic rings. The van der Waals surface area contributed by atoms with Gasteiger partial charge in [0.25, 0.3) is 0 Å². The molecule has 2 aliphatic carbocycles. The summed E-state index contributed by atoms with van der Waals surface area (Å²) < 4.78 is 0. The van der Waals surface area contributed by atoms with E-state index in [0.29, 0.717) is 6.54 Å². The van der Waals surface area contributed by atoms with Gasteiger partial charge in [0.1, 0.15) is 0 Å². The highest BCUT2D eigenvalue weighted by atomic mass is 16.2. The Balaban J connectivity index is 1.46. The molecule has 4 nitrogen and oxygen atoms in total. The molecule has 1 aliphatic heterocycles. The molecule has 0 radical (unpaired) electrons. The van der Waals surface area contributed by atoms with E-state index in [1.165, 1.54) is 25.7 Å². The van der Waals surface area contributed by atoms with Crippen LogP contribution >= 0.6 is 0 Å². The fourth-order valence-corrected chi connectivity index (χ4v) is 4.60. The Morgan fingerprint density at radius 3 is 2.62 bits per heavy atom. The molecule has 3 aliphatic rings. The Kier molecular flexibility index (Phi) is 4.65. The van der Waals surface area contributed by atoms with Crippen molar-refractivity contribution in [2.24, 2.45) is 11.8 Å². The minimum atomic E-state index is -0.0212. The second kappa shape index (κ2) is 6.49. The van der Waals surface area contributed by atoms with Crippen LogP contribution in [0.5, 0.6) is 0 Å². The van der Waals surface area contributed by atoms with Crippen LogP contribution in [0.15, 0.2) is 12.7 Å². The van der Waals surface area contributed by atoms with Crippen LogP contribution in [-0.2, 0) is 4.79 Å². The summed E-state index contributed by atoms with van der Waals surface area (Å²) in [5.74, 6) is 2.11. The van der Waals surface area contributed by atoms with E-state index < -0.39 is 0 Å². The lowest BCUT2D eigenvalue weighted by Gasteiger charge is -2.42. The first-order chi connectivity index (χ1) is 10.2. The van der Waals surface area contributed by atoms with Crippen LogP contribution in [0.1, 0.15) is 32.6 Å². The topological polar surface area (TPSA) is 35.6 Å². The first-order valence-corrected chi connectivity index (χ1v) is 8.55. The van der Waals surface area contributed by atoms with Gasteiger partial charge in [-0.1, -0.05) is 12.5 Å². The van der Waals surface area contributed by atoms with Crippen molar-refractivity contribution in [2.45, 2.75) is 44.7 Å². The van der Waals surface area contributed by atoms with Crippen molar-refractivity contribution in [3.63, 3.8) is 0 Å². The van der Waals surface area contributed by atoms with Crippen LogP contribution in [0.25, 0.3) is 0 Å². The summed E-state index contributed by atoms with van der Waals surface area (Å²) in [5, 5.41) is 2.91. The number of amides is 1. The highest BCUT2D eigenvalue weighted by Gasteiger charge is 2.43. The zero-order valence-corrected chi connectivity index (χ0v) is 13.3. The van der Waals surface area contributed by atoms with Crippen LogP contribution in [0.4, 0.5) is 0 Å². The molecule has 0 spiro atoms. The molecule has 2 bridgehead atoms. The van der Waals surface area contributed by atoms with Gasteiger partial charge in [-0.3, -0.25) is 14.6 Å². The van der Waals surface area contributed by atoms with E-state index in [1.54, 1.807) is 6.08 Å². The van der Waals surface area contributed by atoms with E-state index in [-0.39, 0.29) is 11.9 Å². The smallest absolute Gasteiger partial charge is 0.237 e. The summed E-state index contributed by atoms with van der Waals surface area (Å²) in [5.41, 5.74) is 0. The Hall–Kier alpha value is -0.870. The third kappa shape index (κ3) is 3.16. The maximum Gasteiger partial charge on any atom is 0.237 e. The van der Waals surface area contributed by atoms with Crippen molar-refractivity contribution in [3.8, 4) is 0 Å². The lowest BCUT2D eigenvalue weighted by molar-refractivity contribution is -0.126. The molecule has 4 atom stereocenters. The fourth-order valence-electron chi connectivity index (χ4n) is 4.60. The lowest BCUT2D eigenvalue weighted by Crippen LogP contribution is -2.56. The van der Waals surface area contributed by atoms with Crippen LogP contribution in [-0.4, -0.2) is 60.5 Å². The molecule has 3 rings (SSSR count). The Bertz CT molecular complexity index is 389. The van der Waals surface area contributed by atoms with Crippen molar-refractivity contribution >= 4 is 5.91 Å². The average Bonchev–Trinajstić information content (AvgIpc) is 3.15. The van der Waals surface area contributed by atoms with Crippen molar-refractivity contribution in [3.05, 3.63) is 12.7 Å². The first-order valence-electron chi connectivity index (χ1n) is 8.55. The highest BCUT2D eigenvalue weighted by molar-refractivity contribution is 5.81. The third-order valence-corrected chi connectivity index (χ3v) is 5.87. The van der Waals surface area contributed by atoms with Gasteiger partial charge in [0.05, 0.1) is 6.04 Å². The molecule has 21 heavy (non-hydrogen) atoms. The first kappa shape index (κ1) is 15.0. The average molecular weight is 291 g/mol. The van der Waals surface area contributed by atoms with Gasteiger partial charge in [0.2, 0.25) is 5.91 Å². The molecule has 0 unspecified atom stereocenters. The molecule has 4 heteroatoms. The second-order valence-electron chi connectivity index (χ2n) is 7.02. The van der Waals surface area contributed by atoms with Crippen molar-refractivity contribution in [2.75, 3.05) is 32.7 Å². The maximum atomic E-state index is 12.0. The van der Waals surface area contributed by atoms with Crippen LogP contribution in [0.3, 0.4) is 0 Å². The molecule has 0 aromatic carbocycles. The van der Waals surface area contributed by atoms with Gasteiger partial charge >= 0.3 is 0 Å². The molecular weight excluding hydrogens is 262 g/mol. The predicted molar refractivity (Wildman–Crippen MR) is 85.1 cm³/mol. The summed E-state index contributed by atoms with van der Waals surface area (Å²) in [6.07, 6.45) is 7.57. The number of nitrogens with one attached hydrogen (secondary N) is 1. The van der Waals surface area contributed by atoms with Gasteiger partial charge in [-0.25, -0.2) is 0 Å². The Morgan fingerprint density at radius 1 is 1.29 bits per heavy atom. The molecule has 1 saturated heterocycles. The quantitative estimate of drug-likeness (QED) is 0.780. The summed E-state index contributed by atoms with van der Waals surface area (Å²) in [6, 6.07) is 0.822. The molecule has 1 amide bonds. The van der Waals surface area contributed by atoms with Crippen molar-refractivity contribution < 1.29 is 4.79 Å². The minimum Gasteiger partial charge on any atom is -0.351 e. The molecule has 1 N–H and O–H groups in total. The Morgan fingerprint density at radius 2 is 2.05 bits per heavy atom. The largest absolute Gasteiger partial charge is 0.351 e. The number of nitrogens with zero attached hydrogens (tertiary/aromatic N) is 2. The van der Waals surface area contributed by atoms with Crippen molar-refractivity contribution in [1.29, 1.82) is 0 Å². The number of piperazine rings is 1. The Labute approximate surface area is 128 Å². The SMILES string of the molecule is C=CCNC(=O)[C@@H](C)N1CCN([C@@H]2C[C@H]3CC[C@H]2C3)CC1. The molecule has 0 aromatic heterocycles. The molecule has 1 heterocycles. The number of hydrogen-bond acceptors (Lipinski definition) is 3. The number of hydrogen-bond donors (Lipinski definition) is 1. The van der Waals surface area contributed by atoms with E-state index in [0.717, 1.165) is 44.1 Å². The zero-order valence-electron chi connectivity index (χ0n) is 13.3. The van der Waals surface area contributed by atoms with E-state index >= 15 is 0 Å². The van der Waals surface area contributed by atoms with Gasteiger partial charge in [0, 0.05) is 38.8 Å². The van der Waals surface area contributed by atoms with Crippen LogP contribution in [0, 0.1) is 11.8 Å². The van der Waals surface area contributed by atoms with Gasteiger partial charge in [-0.15, -0.1) is 6.58 Å². The minimum absolute atomic E-state index is 0.0212. The molecule has 3 fully saturated rings. The van der Waals surface area contributed by atoms with E-state index in [9.17, 15) is 4.79 Å². The fraction of sp³-hybridized carbons (Fsp3) is 0.824. The van der Waals surface area contributed by atoms with Gasteiger partial charge < -0.3 is 5.32 Å². The normalized spacial score (nSPS) is 34.8. The second-order valence-corrected chi connectivity index (χ2v) is 7.02. The van der Waals surface area contributed by atoms with Crippen molar-refractivity contribution in [1.82, 2.24) is 15.1 Å². The number of carbonyl (C=O) groups excluding carboxylic acids is 1. The number of carbonyl (C=O) groups is 1. The van der Waals surface area contributed by atoms with Gasteiger partial charge in [-0.05, 0) is 38.0 Å². The maximum absolute atomic E-state index is 12.0. The van der Waals surface area contributed by atoms with Gasteiger partial charge in [0.15, 0.2) is 0 Å². The highest BCUT2D eigenvalue weighted by Crippen LogP contribution is 2.46. The van der Waals surface area contributed by atoms with E-state index in [1.807, 2.05) is 6.92 Å². The molecule has 2 saturated carbocycles. The van der Waals surface area contributed by atoms with E-state index in [4.69, 9.17) is 0 Å². The summed E-state index contributed by atoms with van der Waals surface area (Å²) >= 11 is 0. The number of fused-ring (bicyclic) bond motifs is 2.